The average molecular weight is 573 g/mol. The zero-order valence-corrected chi connectivity index (χ0v) is 19.2. The summed E-state index contributed by atoms with van der Waals surface area (Å²) in [4.78, 5) is 23.6. The molecule has 0 aliphatic carbocycles. The predicted octanol–water partition coefficient (Wildman–Crippen LogP) is 5.07. The second kappa shape index (κ2) is 10.4. The summed E-state index contributed by atoms with van der Waals surface area (Å²) >= 11 is 10.0. The van der Waals surface area contributed by atoms with E-state index in [0.29, 0.717) is 25.9 Å². The van der Waals surface area contributed by atoms with Crippen molar-refractivity contribution in [2.45, 2.75) is 0 Å². The minimum absolute atomic E-state index is 0.0676. The van der Waals surface area contributed by atoms with Crippen LogP contribution in [0.15, 0.2) is 55.4 Å². The molecule has 0 spiro atoms. The van der Waals surface area contributed by atoms with Gasteiger partial charge in [-0.15, -0.1) is 0 Å². The van der Waals surface area contributed by atoms with E-state index >= 15 is 0 Å². The van der Waals surface area contributed by atoms with Crippen LogP contribution in [0.5, 0.6) is 5.75 Å². The van der Waals surface area contributed by atoms with E-state index in [1.807, 2.05) is 12.1 Å². The van der Waals surface area contributed by atoms with Crippen molar-refractivity contribution >= 4 is 71.4 Å². The summed E-state index contributed by atoms with van der Waals surface area (Å²) in [6.07, 6.45) is 1.45. The molecule has 2 aromatic carbocycles. The third kappa shape index (κ3) is 6.19. The molecule has 6 nitrogen and oxygen atoms in total. The molecule has 0 heterocycles. The number of rotatable bonds is 6. The Hall–Kier alpha value is -2.15. The van der Waals surface area contributed by atoms with Crippen molar-refractivity contribution in [2.75, 3.05) is 19.0 Å². The molecule has 0 aliphatic heterocycles. The molecule has 0 saturated heterocycles. The maximum absolute atomic E-state index is 12.4. The topological polar surface area (TPSA) is 88.4 Å². The Morgan fingerprint density at radius 3 is 2.43 bits per heavy atom. The highest BCUT2D eigenvalue weighted by Gasteiger charge is 2.14. The number of methoxy groups -OCH3 is 1. The van der Waals surface area contributed by atoms with Gasteiger partial charge in [-0.25, -0.2) is 4.79 Å². The third-order valence-electron chi connectivity index (χ3n) is 3.34. The number of anilines is 1. The Kier molecular flexibility index (Phi) is 8.23. The van der Waals surface area contributed by atoms with Gasteiger partial charge in [-0.2, -0.15) is 5.26 Å². The number of amides is 1. The SMILES string of the molecule is COC(=O)COc1c(Br)cc(/C=C(/C#N)C(=O)Nc2cccc(Br)c2)cc1Br. The van der Waals surface area contributed by atoms with Crippen LogP contribution in [0.25, 0.3) is 6.08 Å². The van der Waals surface area contributed by atoms with Gasteiger partial charge in [-0.05, 0) is 73.8 Å². The van der Waals surface area contributed by atoms with Crippen LogP contribution in [0.3, 0.4) is 0 Å². The van der Waals surface area contributed by atoms with Crippen molar-refractivity contribution in [3.63, 3.8) is 0 Å². The van der Waals surface area contributed by atoms with E-state index in [9.17, 15) is 14.9 Å². The molecule has 2 aromatic rings. The number of nitrogens with zero attached hydrogens (tertiary/aromatic N) is 1. The van der Waals surface area contributed by atoms with Gasteiger partial charge < -0.3 is 14.8 Å². The van der Waals surface area contributed by atoms with E-state index in [0.717, 1.165) is 4.47 Å². The van der Waals surface area contributed by atoms with E-state index in [2.05, 4.69) is 57.8 Å². The minimum Gasteiger partial charge on any atom is -0.480 e. The minimum atomic E-state index is -0.529. The molecule has 2 rings (SSSR count). The number of halogens is 3. The highest BCUT2D eigenvalue weighted by molar-refractivity contribution is 9.11. The van der Waals surface area contributed by atoms with Crippen molar-refractivity contribution in [3.8, 4) is 11.8 Å². The van der Waals surface area contributed by atoms with Crippen LogP contribution in [-0.2, 0) is 14.3 Å². The van der Waals surface area contributed by atoms with Gasteiger partial charge in [-0.1, -0.05) is 22.0 Å². The Balaban J connectivity index is 2.22. The quantitative estimate of drug-likeness (QED) is 0.297. The van der Waals surface area contributed by atoms with Crippen LogP contribution >= 0.6 is 47.8 Å². The Bertz CT molecular complexity index is 960. The van der Waals surface area contributed by atoms with Crippen molar-refractivity contribution in [1.29, 1.82) is 5.26 Å². The number of carbonyl (C=O) groups is 2. The van der Waals surface area contributed by atoms with Crippen LogP contribution in [-0.4, -0.2) is 25.6 Å². The number of benzene rings is 2. The van der Waals surface area contributed by atoms with Crippen molar-refractivity contribution < 1.29 is 19.1 Å². The first-order chi connectivity index (χ1) is 13.3. The maximum Gasteiger partial charge on any atom is 0.343 e. The number of hydrogen-bond acceptors (Lipinski definition) is 5. The van der Waals surface area contributed by atoms with Gasteiger partial charge in [0.2, 0.25) is 0 Å². The molecule has 0 bridgehead atoms. The fourth-order valence-electron chi connectivity index (χ4n) is 2.07. The Morgan fingerprint density at radius 1 is 1.18 bits per heavy atom. The first-order valence-electron chi connectivity index (χ1n) is 7.71. The summed E-state index contributed by atoms with van der Waals surface area (Å²) in [5.74, 6) is -0.641. The lowest BCUT2D eigenvalue weighted by molar-refractivity contribution is -0.142. The molecule has 0 fully saturated rings. The number of esters is 1. The number of nitriles is 1. The highest BCUT2D eigenvalue weighted by Crippen LogP contribution is 2.35. The second-order valence-corrected chi connectivity index (χ2v) is 7.94. The van der Waals surface area contributed by atoms with Gasteiger partial charge in [0.1, 0.15) is 17.4 Å². The molecule has 1 N–H and O–H groups in total. The Morgan fingerprint density at radius 2 is 1.86 bits per heavy atom. The van der Waals surface area contributed by atoms with E-state index in [1.165, 1.54) is 13.2 Å². The third-order valence-corrected chi connectivity index (χ3v) is 5.01. The largest absolute Gasteiger partial charge is 0.480 e. The summed E-state index contributed by atoms with van der Waals surface area (Å²) < 4.78 is 11.8. The summed E-state index contributed by atoms with van der Waals surface area (Å²) in [5, 5.41) is 12.0. The van der Waals surface area contributed by atoms with E-state index in [4.69, 9.17) is 4.74 Å². The zero-order chi connectivity index (χ0) is 20.7. The van der Waals surface area contributed by atoms with Crippen LogP contribution in [0.2, 0.25) is 0 Å². The van der Waals surface area contributed by atoms with Crippen LogP contribution in [0.4, 0.5) is 5.69 Å². The van der Waals surface area contributed by atoms with Gasteiger partial charge in [-0.3, -0.25) is 4.79 Å². The number of nitrogens with one attached hydrogen (secondary N) is 1. The lowest BCUT2D eigenvalue weighted by Gasteiger charge is -2.10. The average Bonchev–Trinajstić information content (AvgIpc) is 2.65. The molecular weight excluding hydrogens is 560 g/mol. The van der Waals surface area contributed by atoms with E-state index < -0.39 is 11.9 Å². The summed E-state index contributed by atoms with van der Waals surface area (Å²) in [6, 6.07) is 12.3. The summed E-state index contributed by atoms with van der Waals surface area (Å²) in [5.41, 5.74) is 1.08. The lowest BCUT2D eigenvalue weighted by Crippen LogP contribution is -2.13. The van der Waals surface area contributed by atoms with Crippen LogP contribution < -0.4 is 10.1 Å². The summed E-state index contributed by atoms with van der Waals surface area (Å²) in [7, 11) is 1.27. The van der Waals surface area contributed by atoms with Gasteiger partial charge >= 0.3 is 5.97 Å². The van der Waals surface area contributed by atoms with Crippen molar-refractivity contribution in [1.82, 2.24) is 0 Å². The van der Waals surface area contributed by atoms with Crippen molar-refractivity contribution in [2.24, 2.45) is 0 Å². The first-order valence-corrected chi connectivity index (χ1v) is 10.1. The zero-order valence-electron chi connectivity index (χ0n) is 14.5. The number of ether oxygens (including phenoxy) is 2. The predicted molar refractivity (Wildman–Crippen MR) is 116 cm³/mol. The molecule has 0 atom stereocenters. The molecule has 9 heteroatoms. The normalized spacial score (nSPS) is 10.8. The number of carbonyl (C=O) groups excluding carboxylic acids is 2. The molecule has 1 amide bonds. The lowest BCUT2D eigenvalue weighted by atomic mass is 10.1. The molecule has 0 aliphatic rings. The highest BCUT2D eigenvalue weighted by atomic mass is 79.9. The fourth-order valence-corrected chi connectivity index (χ4v) is 3.92. The molecule has 0 radical (unpaired) electrons. The Labute approximate surface area is 186 Å². The first kappa shape index (κ1) is 22.1. The number of hydrogen-bond donors (Lipinski definition) is 1. The van der Waals surface area contributed by atoms with E-state index in [1.54, 1.807) is 30.3 Å². The molecule has 144 valence electrons. The van der Waals surface area contributed by atoms with E-state index in [-0.39, 0.29) is 12.2 Å². The van der Waals surface area contributed by atoms with Crippen LogP contribution in [0.1, 0.15) is 5.56 Å². The molecule has 0 aromatic heterocycles. The van der Waals surface area contributed by atoms with Gasteiger partial charge in [0.05, 0.1) is 16.1 Å². The molecule has 28 heavy (non-hydrogen) atoms. The monoisotopic (exact) mass is 570 g/mol. The van der Waals surface area contributed by atoms with Crippen LogP contribution in [0, 0.1) is 11.3 Å². The van der Waals surface area contributed by atoms with Gasteiger partial charge in [0.25, 0.3) is 5.91 Å². The molecule has 0 unspecified atom stereocenters. The molecule has 0 saturated carbocycles. The van der Waals surface area contributed by atoms with Crippen molar-refractivity contribution in [3.05, 3.63) is 61.0 Å². The van der Waals surface area contributed by atoms with Gasteiger partial charge in [0.15, 0.2) is 6.61 Å². The van der Waals surface area contributed by atoms with Gasteiger partial charge in [0, 0.05) is 10.2 Å². The second-order valence-electron chi connectivity index (χ2n) is 5.31. The molecular formula is C19H13Br3N2O4. The standard InChI is InChI=1S/C19H13Br3N2O4/c1-27-17(25)10-28-18-15(21)6-11(7-16(18)22)5-12(9-23)19(26)24-14-4-2-3-13(20)8-14/h2-8H,10H2,1H3,(H,24,26)/b12-5-. The smallest absolute Gasteiger partial charge is 0.343 e. The maximum atomic E-state index is 12.4. The summed E-state index contributed by atoms with van der Waals surface area (Å²) in [6.45, 7) is -0.249. The fraction of sp³-hybridized carbons (Fsp3) is 0.105.